The molecule has 1 rings (SSSR count). The summed E-state index contributed by atoms with van der Waals surface area (Å²) in [7, 11) is -3.10. The molecule has 0 heterocycles. The Balaban J connectivity index is 2.70. The molecule has 1 aromatic carbocycles. The molecular formula is C9H12NO3P. The number of rotatable bonds is 3. The monoisotopic (exact) mass is 213 g/mol. The Morgan fingerprint density at radius 3 is 2.71 bits per heavy atom. The molecule has 0 aliphatic carbocycles. The van der Waals surface area contributed by atoms with E-state index in [1.807, 2.05) is 0 Å². The summed E-state index contributed by atoms with van der Waals surface area (Å²) in [6, 6.07) is 6.66. The predicted octanol–water partition coefficient (Wildman–Crippen LogP) is 1.67. The van der Waals surface area contributed by atoms with Gasteiger partial charge in [-0.1, -0.05) is 12.1 Å². The molecule has 0 bridgehead atoms. The van der Waals surface area contributed by atoms with Crippen molar-refractivity contribution < 1.29 is 14.6 Å². The van der Waals surface area contributed by atoms with Crippen LogP contribution < -0.4 is 0 Å². The van der Waals surface area contributed by atoms with Gasteiger partial charge in [0, 0.05) is 18.4 Å². The molecule has 0 aliphatic rings. The third-order valence-corrected chi connectivity index (χ3v) is 2.20. The lowest BCUT2D eigenvalue weighted by Crippen LogP contribution is -1.86. The van der Waals surface area contributed by atoms with Crippen molar-refractivity contribution in [2.45, 2.75) is 0 Å². The van der Waals surface area contributed by atoms with Crippen molar-refractivity contribution >= 4 is 13.6 Å². The largest absolute Gasteiger partial charge is 0.507 e. The molecular weight excluding hydrogens is 201 g/mol. The Morgan fingerprint density at radius 1 is 1.50 bits per heavy atom. The molecule has 14 heavy (non-hydrogen) atoms. The average molecular weight is 213 g/mol. The number of aliphatic imine (C=N–C) groups is 1. The third kappa shape index (κ3) is 3.73. The van der Waals surface area contributed by atoms with E-state index in [1.165, 1.54) is 18.9 Å². The van der Waals surface area contributed by atoms with E-state index >= 15 is 0 Å². The fourth-order valence-electron chi connectivity index (χ4n) is 0.887. The molecule has 0 amide bonds. The fourth-order valence-corrected chi connectivity index (χ4v) is 1.27. The van der Waals surface area contributed by atoms with Gasteiger partial charge in [-0.15, -0.1) is 0 Å². The summed E-state index contributed by atoms with van der Waals surface area (Å²) in [5.74, 6) is 0.111. The number of hydrogen-bond donors (Lipinski definition) is 2. The second kappa shape index (κ2) is 4.40. The highest BCUT2D eigenvalue weighted by Gasteiger charge is 2.06. The lowest BCUT2D eigenvalue weighted by molar-refractivity contribution is 0.474. The van der Waals surface area contributed by atoms with E-state index < -0.39 is 7.37 Å². The smallest absolute Gasteiger partial charge is 0.218 e. The van der Waals surface area contributed by atoms with Gasteiger partial charge in [-0.05, 0) is 12.1 Å². The summed E-state index contributed by atoms with van der Waals surface area (Å²) in [4.78, 5) is 12.7. The van der Waals surface area contributed by atoms with Gasteiger partial charge in [0.05, 0.1) is 0 Å². The van der Waals surface area contributed by atoms with E-state index in [9.17, 15) is 9.67 Å². The second-order valence-corrected chi connectivity index (χ2v) is 5.45. The van der Waals surface area contributed by atoms with Gasteiger partial charge >= 0.3 is 0 Å². The molecule has 5 heteroatoms. The van der Waals surface area contributed by atoms with Crippen LogP contribution in [-0.4, -0.2) is 29.2 Å². The van der Waals surface area contributed by atoms with Gasteiger partial charge in [-0.2, -0.15) is 0 Å². The van der Waals surface area contributed by atoms with Crippen molar-refractivity contribution in [3.05, 3.63) is 29.8 Å². The van der Waals surface area contributed by atoms with Crippen LogP contribution in [0.2, 0.25) is 0 Å². The minimum absolute atomic E-state index is 0.111. The summed E-state index contributed by atoms with van der Waals surface area (Å²) in [5, 5.41) is 9.32. The van der Waals surface area contributed by atoms with Crippen molar-refractivity contribution in [3.8, 4) is 5.75 Å². The first kappa shape index (κ1) is 11.0. The molecule has 0 saturated heterocycles. The molecule has 0 aliphatic heterocycles. The van der Waals surface area contributed by atoms with Crippen LogP contribution in [0.1, 0.15) is 5.56 Å². The van der Waals surface area contributed by atoms with Crippen LogP contribution in [-0.2, 0) is 4.57 Å². The van der Waals surface area contributed by atoms with Gasteiger partial charge in [0.2, 0.25) is 7.37 Å². The lowest BCUT2D eigenvalue weighted by atomic mass is 10.2. The van der Waals surface area contributed by atoms with Gasteiger partial charge in [-0.25, -0.2) is 0 Å². The summed E-state index contributed by atoms with van der Waals surface area (Å²) < 4.78 is 10.9. The molecule has 0 aromatic heterocycles. The van der Waals surface area contributed by atoms with E-state index in [2.05, 4.69) is 4.99 Å². The van der Waals surface area contributed by atoms with E-state index in [-0.39, 0.29) is 12.0 Å². The molecule has 76 valence electrons. The Bertz CT molecular complexity index is 383. The van der Waals surface area contributed by atoms with Crippen molar-refractivity contribution in [1.29, 1.82) is 0 Å². The fraction of sp³-hybridized carbons (Fsp3) is 0.222. The maximum absolute atomic E-state index is 10.9. The van der Waals surface area contributed by atoms with E-state index in [0.717, 1.165) is 0 Å². The van der Waals surface area contributed by atoms with Crippen molar-refractivity contribution in [2.75, 3.05) is 13.0 Å². The first-order valence-corrected chi connectivity index (χ1v) is 6.35. The normalized spacial score (nSPS) is 15.6. The lowest BCUT2D eigenvalue weighted by Gasteiger charge is -1.99. The molecule has 1 unspecified atom stereocenters. The predicted molar refractivity (Wildman–Crippen MR) is 56.3 cm³/mol. The number of phenolic OH excluding ortho intramolecular Hbond substituents is 1. The van der Waals surface area contributed by atoms with Crippen LogP contribution in [0.15, 0.2) is 29.3 Å². The Labute approximate surface area is 82.4 Å². The molecule has 1 atom stereocenters. The highest BCUT2D eigenvalue weighted by Crippen LogP contribution is 2.34. The number of aromatic hydroxyl groups is 1. The minimum Gasteiger partial charge on any atom is -0.507 e. The zero-order valence-corrected chi connectivity index (χ0v) is 8.69. The minimum atomic E-state index is -3.10. The van der Waals surface area contributed by atoms with E-state index in [0.29, 0.717) is 5.56 Å². The molecule has 0 radical (unpaired) electrons. The topological polar surface area (TPSA) is 69.9 Å². The first-order valence-electron chi connectivity index (χ1n) is 4.06. The summed E-state index contributed by atoms with van der Waals surface area (Å²) in [6.07, 6.45) is 1.27. The summed E-state index contributed by atoms with van der Waals surface area (Å²) >= 11 is 0. The van der Waals surface area contributed by atoms with Gasteiger partial charge in [0.1, 0.15) is 12.0 Å². The van der Waals surface area contributed by atoms with Gasteiger partial charge in [-0.3, -0.25) is 9.56 Å². The Kier molecular flexibility index (Phi) is 3.44. The number of para-hydroxylation sites is 1. The number of nitrogens with zero attached hydrogens (tertiary/aromatic N) is 1. The van der Waals surface area contributed by atoms with Crippen LogP contribution in [0.3, 0.4) is 0 Å². The van der Waals surface area contributed by atoms with Gasteiger partial charge in [0.15, 0.2) is 0 Å². The van der Waals surface area contributed by atoms with E-state index in [4.69, 9.17) is 4.89 Å². The highest BCUT2D eigenvalue weighted by molar-refractivity contribution is 7.57. The third-order valence-electron chi connectivity index (χ3n) is 1.51. The Hall–Kier alpha value is -1.12. The molecule has 2 N–H and O–H groups in total. The summed E-state index contributed by atoms with van der Waals surface area (Å²) in [5.41, 5.74) is 0.543. The number of phenols is 1. The number of hydrogen-bond acceptors (Lipinski definition) is 3. The maximum Gasteiger partial charge on any atom is 0.218 e. The molecule has 0 spiro atoms. The van der Waals surface area contributed by atoms with Crippen LogP contribution in [0.4, 0.5) is 0 Å². The van der Waals surface area contributed by atoms with Crippen molar-refractivity contribution in [3.63, 3.8) is 0 Å². The van der Waals surface area contributed by atoms with E-state index in [1.54, 1.807) is 18.2 Å². The van der Waals surface area contributed by atoms with Crippen LogP contribution in [0, 0.1) is 0 Å². The Morgan fingerprint density at radius 2 is 2.14 bits per heavy atom. The first-order chi connectivity index (χ1) is 6.49. The van der Waals surface area contributed by atoms with Gasteiger partial charge in [0.25, 0.3) is 0 Å². The molecule has 4 nitrogen and oxygen atoms in total. The summed E-state index contributed by atoms with van der Waals surface area (Å²) in [6.45, 7) is 1.25. The van der Waals surface area contributed by atoms with Crippen LogP contribution >= 0.6 is 7.37 Å². The number of benzene rings is 1. The highest BCUT2D eigenvalue weighted by atomic mass is 31.2. The van der Waals surface area contributed by atoms with Crippen LogP contribution in [0.25, 0.3) is 0 Å². The van der Waals surface area contributed by atoms with Gasteiger partial charge < -0.3 is 10.00 Å². The van der Waals surface area contributed by atoms with Crippen LogP contribution in [0.5, 0.6) is 5.75 Å². The quantitative estimate of drug-likeness (QED) is 0.592. The average Bonchev–Trinajstić information content (AvgIpc) is 2.06. The SMILES string of the molecule is CP(=O)(O)CN=Cc1ccccc1O. The zero-order valence-electron chi connectivity index (χ0n) is 7.79. The van der Waals surface area contributed by atoms with Crippen molar-refractivity contribution in [1.82, 2.24) is 0 Å². The molecule has 0 fully saturated rings. The van der Waals surface area contributed by atoms with Crippen molar-refractivity contribution in [2.24, 2.45) is 4.99 Å². The molecule has 1 aromatic rings. The molecule has 0 saturated carbocycles. The maximum atomic E-state index is 10.9. The second-order valence-electron chi connectivity index (χ2n) is 3.06. The standard InChI is InChI=1S/C9H12NO3P/c1-14(12,13)7-10-6-8-4-2-3-5-9(8)11/h2-6,11H,7H2,1H3,(H,12,13). The zero-order chi connectivity index (χ0) is 10.6.